The molecule has 0 radical (unpaired) electrons. The number of quaternary nitrogens is 2. The lowest BCUT2D eigenvalue weighted by Crippen LogP contribution is -2.68. The first-order valence-corrected chi connectivity index (χ1v) is 24.2. The molecule has 10 nitrogen and oxygen atoms in total. The van der Waals surface area contributed by atoms with Crippen molar-refractivity contribution in [3.8, 4) is 0 Å². The second kappa shape index (κ2) is 14.9. The summed E-state index contributed by atoms with van der Waals surface area (Å²) in [6.07, 6.45) is 11.3. The van der Waals surface area contributed by atoms with Gasteiger partial charge in [0.1, 0.15) is 6.10 Å². The number of ether oxygens (including phenoxy) is 2. The smallest absolute Gasteiger partial charge is 0.407 e. The molecule has 2 N–H and O–H groups in total. The Morgan fingerprint density at radius 3 is 1.84 bits per heavy atom. The summed E-state index contributed by atoms with van der Waals surface area (Å²) in [5, 5.41) is 6.40. The van der Waals surface area contributed by atoms with Gasteiger partial charge >= 0.3 is 12.2 Å². The van der Waals surface area contributed by atoms with Gasteiger partial charge in [-0.1, -0.05) is 46.8 Å². The fraction of sp³-hybridized carbons (Fsp3) is 0.917. The van der Waals surface area contributed by atoms with E-state index in [1.165, 1.54) is 123 Å². The van der Waals surface area contributed by atoms with Gasteiger partial charge < -0.3 is 29.1 Å². The zero-order valence-electron chi connectivity index (χ0n) is 37.7. The topological polar surface area (TPSA) is 83.1 Å². The van der Waals surface area contributed by atoms with E-state index >= 15 is 0 Å². The minimum absolute atomic E-state index is 0.0467. The minimum atomic E-state index is -0.209. The third-order valence-corrected chi connectivity index (χ3v) is 21.0. The van der Waals surface area contributed by atoms with E-state index in [4.69, 9.17) is 9.47 Å². The molecule has 6 saturated heterocycles. The molecule has 11 fully saturated rings. The van der Waals surface area contributed by atoms with Crippen molar-refractivity contribution in [3.63, 3.8) is 0 Å². The number of hydrogen-bond acceptors (Lipinski definition) is 6. The van der Waals surface area contributed by atoms with E-state index in [9.17, 15) is 9.59 Å². The number of allylic oxidation sites excluding steroid dienone is 1. The average molecular weight is 807 g/mol. The average Bonchev–Trinajstić information content (AvgIpc) is 3.60. The van der Waals surface area contributed by atoms with Crippen molar-refractivity contribution >= 4 is 12.2 Å². The first-order valence-electron chi connectivity index (χ1n) is 24.2. The van der Waals surface area contributed by atoms with Crippen LogP contribution in [0.3, 0.4) is 0 Å². The minimum Gasteiger partial charge on any atom is -0.449 e. The van der Waals surface area contributed by atoms with E-state index in [1.54, 1.807) is 0 Å². The lowest BCUT2D eigenvalue weighted by Gasteiger charge is -2.73. The predicted octanol–water partition coefficient (Wildman–Crippen LogP) is 6.76. The third kappa shape index (κ3) is 6.69. The molecule has 0 aromatic rings. The van der Waals surface area contributed by atoms with Crippen LogP contribution >= 0.6 is 0 Å². The van der Waals surface area contributed by atoms with Gasteiger partial charge in [0.15, 0.2) is 0 Å². The van der Waals surface area contributed by atoms with Gasteiger partial charge in [-0.05, 0) is 117 Å². The molecular formula is C48H82N6O4+2. The molecule has 6 heterocycles. The van der Waals surface area contributed by atoms with Crippen LogP contribution in [0, 0.1) is 56.7 Å². The Morgan fingerprint density at radius 1 is 0.672 bits per heavy atom. The largest absolute Gasteiger partial charge is 0.449 e. The first-order chi connectivity index (χ1) is 27.6. The Hall–Kier alpha value is -1.88. The Kier molecular flexibility index (Phi) is 10.6. The molecule has 5 aliphatic carbocycles. The van der Waals surface area contributed by atoms with Crippen LogP contribution < -0.4 is 10.6 Å². The van der Waals surface area contributed by atoms with Gasteiger partial charge in [0, 0.05) is 50.1 Å². The fourth-order valence-electron chi connectivity index (χ4n) is 17.1. The molecule has 326 valence electrons. The third-order valence-electron chi connectivity index (χ3n) is 21.0. The van der Waals surface area contributed by atoms with Gasteiger partial charge in [-0.3, -0.25) is 9.80 Å². The van der Waals surface area contributed by atoms with Crippen LogP contribution in [0.5, 0.6) is 0 Å². The quantitative estimate of drug-likeness (QED) is 0.188. The molecule has 2 amide bonds. The normalized spacial score (nSPS) is 48.4. The van der Waals surface area contributed by atoms with Gasteiger partial charge in [-0.25, -0.2) is 9.59 Å². The zero-order chi connectivity index (χ0) is 40.8. The summed E-state index contributed by atoms with van der Waals surface area (Å²) in [7, 11) is 0. The molecule has 5 saturated carbocycles. The number of fused-ring (bicyclic) bond motifs is 13. The summed E-state index contributed by atoms with van der Waals surface area (Å²) in [4.78, 5) is 31.9. The molecule has 58 heavy (non-hydrogen) atoms. The van der Waals surface area contributed by atoms with Gasteiger partial charge in [0.25, 0.3) is 0 Å². The molecule has 0 spiro atoms. The Bertz CT molecular complexity index is 1560. The van der Waals surface area contributed by atoms with Gasteiger partial charge in [-0.2, -0.15) is 0 Å². The number of hydrogen-bond donors (Lipinski definition) is 2. The maximum atomic E-state index is 13.4. The number of nitrogens with one attached hydrogen (secondary N) is 2. The van der Waals surface area contributed by atoms with Crippen molar-refractivity contribution in [1.82, 2.24) is 20.4 Å². The van der Waals surface area contributed by atoms with Crippen LogP contribution in [0.25, 0.3) is 0 Å². The number of carbonyl (C=O) groups excluding carboxylic acids is 2. The molecular weight excluding hydrogens is 725 g/mol. The van der Waals surface area contributed by atoms with Crippen molar-refractivity contribution in [3.05, 3.63) is 12.2 Å². The van der Waals surface area contributed by atoms with E-state index in [0.29, 0.717) is 49.3 Å². The second-order valence-electron chi connectivity index (χ2n) is 23.4. The molecule has 4 bridgehead atoms. The van der Waals surface area contributed by atoms with Gasteiger partial charge in [0.2, 0.25) is 0 Å². The highest BCUT2D eigenvalue weighted by atomic mass is 16.6. The highest BCUT2D eigenvalue weighted by Gasteiger charge is 2.71. The Morgan fingerprint density at radius 2 is 1.26 bits per heavy atom. The predicted molar refractivity (Wildman–Crippen MR) is 229 cm³/mol. The van der Waals surface area contributed by atoms with Crippen LogP contribution in [0.15, 0.2) is 12.2 Å². The highest BCUT2D eigenvalue weighted by Crippen LogP contribution is 2.77. The summed E-state index contributed by atoms with van der Waals surface area (Å²) in [6, 6.07) is 0. The first kappa shape index (κ1) is 41.5. The fourth-order valence-corrected chi connectivity index (χ4v) is 17.1. The van der Waals surface area contributed by atoms with Crippen molar-refractivity contribution in [2.75, 3.05) is 111 Å². The van der Waals surface area contributed by atoms with Gasteiger partial charge in [0.05, 0.1) is 72.1 Å². The summed E-state index contributed by atoms with van der Waals surface area (Å²) in [5.74, 6) is 2.82. The summed E-state index contributed by atoms with van der Waals surface area (Å²) in [5.41, 5.74) is 2.01. The second-order valence-corrected chi connectivity index (χ2v) is 23.4. The molecule has 6 aliphatic heterocycles. The molecule has 0 aromatic heterocycles. The SMILES string of the molecule is C=C(C)[C@@H]1CC[C@]2(COC(=O)NCC[N+]34CCN(CC3)CC4)CC[C@]3(C)C(CCC4[C@@]5(C)CC[C@H](OC(=O)NCC[N+]67CCN(CC6)CC7)C(C)(C)C5CC[C@]43C)C12. The maximum Gasteiger partial charge on any atom is 0.407 e. The number of carbonyl (C=O) groups is 2. The van der Waals surface area contributed by atoms with Crippen LogP contribution in [-0.4, -0.2) is 148 Å². The lowest BCUT2D eigenvalue weighted by atomic mass is 9.32. The summed E-state index contributed by atoms with van der Waals surface area (Å²) in [6.45, 7) is 38.3. The number of amides is 2. The van der Waals surface area contributed by atoms with Crippen molar-refractivity contribution in [2.45, 2.75) is 112 Å². The number of alkyl carbamates (subject to hydrolysis) is 2. The van der Waals surface area contributed by atoms with Crippen LogP contribution in [0.1, 0.15) is 106 Å². The Balaban J connectivity index is 0.846. The maximum absolute atomic E-state index is 13.4. The van der Waals surface area contributed by atoms with Crippen LogP contribution in [-0.2, 0) is 9.47 Å². The molecule has 10 heteroatoms. The monoisotopic (exact) mass is 807 g/mol. The number of nitrogens with zero attached hydrogens (tertiary/aromatic N) is 4. The van der Waals surface area contributed by atoms with E-state index in [-0.39, 0.29) is 45.4 Å². The zero-order valence-corrected chi connectivity index (χ0v) is 37.7. The van der Waals surface area contributed by atoms with Gasteiger partial charge in [-0.15, -0.1) is 0 Å². The summed E-state index contributed by atoms with van der Waals surface area (Å²) >= 11 is 0. The van der Waals surface area contributed by atoms with E-state index in [0.717, 1.165) is 47.7 Å². The molecule has 11 aliphatic rings. The summed E-state index contributed by atoms with van der Waals surface area (Å²) < 4.78 is 15.0. The van der Waals surface area contributed by atoms with E-state index in [1.807, 2.05) is 0 Å². The number of rotatable bonds is 10. The van der Waals surface area contributed by atoms with Crippen molar-refractivity contribution in [2.24, 2.45) is 56.7 Å². The number of piperazine rings is 6. The molecule has 10 atom stereocenters. The standard InChI is InChI=1S/C48H80N6O4/c1-35(2)36-10-15-48(34-57-42(55)49-18-26-53-28-20-51(21-29-53)22-30-53)17-16-46(6)37(41(36)48)8-9-39-45(5)13-12-40(44(3,4)38(45)11-14-47(39,46)7)58-43(56)50-19-27-54-31-23-52(24-32-54)25-33-54/h36-41H,1,8-34H2,2-7H3/p+2/t36-,37?,38?,39?,40-,41?,45-,46+,47+,48+/m0/s1. The molecule has 4 unspecified atom stereocenters. The van der Waals surface area contributed by atoms with E-state index in [2.05, 4.69) is 68.6 Å². The lowest BCUT2D eigenvalue weighted by molar-refractivity contribution is -0.939. The van der Waals surface area contributed by atoms with E-state index < -0.39 is 0 Å². The van der Waals surface area contributed by atoms with Crippen LogP contribution in [0.4, 0.5) is 9.59 Å². The van der Waals surface area contributed by atoms with Crippen molar-refractivity contribution in [1.29, 1.82) is 0 Å². The molecule has 0 aromatic carbocycles. The van der Waals surface area contributed by atoms with Crippen LogP contribution in [0.2, 0.25) is 0 Å². The Labute approximate surface area is 351 Å². The van der Waals surface area contributed by atoms with Crippen molar-refractivity contribution < 1.29 is 28.0 Å². The molecule has 11 rings (SSSR count). The highest BCUT2D eigenvalue weighted by molar-refractivity contribution is 5.67.